The SMILES string of the molecule is Oc1ccc(O)c(-c2nc(-c3cnccn3)no2)c1. The van der Waals surface area contributed by atoms with E-state index in [1.165, 1.54) is 36.8 Å². The first-order chi connectivity index (χ1) is 9.24. The van der Waals surface area contributed by atoms with Crippen molar-refractivity contribution in [2.45, 2.75) is 0 Å². The molecule has 0 unspecified atom stereocenters. The molecule has 3 aromatic rings. The van der Waals surface area contributed by atoms with Gasteiger partial charge in [-0.2, -0.15) is 4.98 Å². The van der Waals surface area contributed by atoms with Crippen molar-refractivity contribution in [3.05, 3.63) is 36.8 Å². The molecular formula is C12H8N4O3. The fourth-order valence-electron chi connectivity index (χ4n) is 1.55. The van der Waals surface area contributed by atoms with E-state index in [1.54, 1.807) is 0 Å². The Kier molecular flexibility index (Phi) is 2.57. The number of phenolic OH excluding ortho intramolecular Hbond substituents is 2. The lowest BCUT2D eigenvalue weighted by molar-refractivity contribution is 0.423. The highest BCUT2D eigenvalue weighted by Gasteiger charge is 2.15. The van der Waals surface area contributed by atoms with Crippen molar-refractivity contribution in [2.24, 2.45) is 0 Å². The van der Waals surface area contributed by atoms with Crippen LogP contribution in [-0.4, -0.2) is 30.3 Å². The Balaban J connectivity index is 2.04. The van der Waals surface area contributed by atoms with Crippen LogP contribution in [0.15, 0.2) is 41.3 Å². The number of hydrogen-bond acceptors (Lipinski definition) is 7. The van der Waals surface area contributed by atoms with E-state index < -0.39 is 0 Å². The fourth-order valence-corrected chi connectivity index (χ4v) is 1.55. The van der Waals surface area contributed by atoms with Crippen LogP contribution in [0.2, 0.25) is 0 Å². The molecule has 0 fully saturated rings. The summed E-state index contributed by atoms with van der Waals surface area (Å²) in [5.41, 5.74) is 0.708. The van der Waals surface area contributed by atoms with Gasteiger partial charge in [-0.25, -0.2) is 4.98 Å². The summed E-state index contributed by atoms with van der Waals surface area (Å²) in [5.74, 6) is 0.277. The highest BCUT2D eigenvalue weighted by atomic mass is 16.5. The molecule has 0 bridgehead atoms. The fraction of sp³-hybridized carbons (Fsp3) is 0. The van der Waals surface area contributed by atoms with Gasteiger partial charge >= 0.3 is 0 Å². The third-order valence-electron chi connectivity index (χ3n) is 2.43. The molecule has 2 heterocycles. The molecule has 7 nitrogen and oxygen atoms in total. The molecule has 19 heavy (non-hydrogen) atoms. The molecule has 2 aromatic heterocycles. The summed E-state index contributed by atoms with van der Waals surface area (Å²) in [7, 11) is 0. The van der Waals surface area contributed by atoms with Crippen molar-refractivity contribution in [3.8, 4) is 34.5 Å². The molecule has 0 amide bonds. The number of aromatic hydroxyl groups is 2. The van der Waals surface area contributed by atoms with E-state index in [4.69, 9.17) is 4.52 Å². The van der Waals surface area contributed by atoms with E-state index in [1.807, 2.05) is 0 Å². The van der Waals surface area contributed by atoms with Crippen molar-refractivity contribution in [1.29, 1.82) is 0 Å². The lowest BCUT2D eigenvalue weighted by Gasteiger charge is -1.99. The molecule has 7 heteroatoms. The number of phenols is 2. The summed E-state index contributed by atoms with van der Waals surface area (Å²) in [6, 6.07) is 4.04. The van der Waals surface area contributed by atoms with Gasteiger partial charge in [0.25, 0.3) is 5.89 Å². The third-order valence-corrected chi connectivity index (χ3v) is 2.43. The second-order valence-corrected chi connectivity index (χ2v) is 3.72. The number of hydrogen-bond donors (Lipinski definition) is 2. The van der Waals surface area contributed by atoms with Gasteiger partial charge in [-0.1, -0.05) is 5.16 Å². The highest BCUT2D eigenvalue weighted by Crippen LogP contribution is 2.31. The molecular weight excluding hydrogens is 248 g/mol. The zero-order valence-corrected chi connectivity index (χ0v) is 9.56. The Morgan fingerprint density at radius 1 is 1.11 bits per heavy atom. The van der Waals surface area contributed by atoms with Gasteiger partial charge < -0.3 is 14.7 Å². The Morgan fingerprint density at radius 2 is 2.00 bits per heavy atom. The summed E-state index contributed by atoms with van der Waals surface area (Å²) in [5, 5.41) is 22.9. The Bertz CT molecular complexity index is 712. The van der Waals surface area contributed by atoms with E-state index >= 15 is 0 Å². The van der Waals surface area contributed by atoms with E-state index in [9.17, 15) is 10.2 Å². The average molecular weight is 256 g/mol. The van der Waals surface area contributed by atoms with E-state index in [0.29, 0.717) is 5.69 Å². The molecule has 0 saturated heterocycles. The quantitative estimate of drug-likeness (QED) is 0.671. The highest BCUT2D eigenvalue weighted by molar-refractivity contribution is 5.65. The minimum atomic E-state index is -0.0628. The molecule has 0 aliphatic rings. The second-order valence-electron chi connectivity index (χ2n) is 3.72. The third kappa shape index (κ3) is 2.08. The number of aromatic nitrogens is 4. The Morgan fingerprint density at radius 3 is 2.79 bits per heavy atom. The van der Waals surface area contributed by atoms with E-state index in [0.717, 1.165) is 0 Å². The Hall–Kier alpha value is -2.96. The van der Waals surface area contributed by atoms with Crippen LogP contribution < -0.4 is 0 Å². The molecule has 0 atom stereocenters. The summed E-state index contributed by atoms with van der Waals surface area (Å²) in [6.45, 7) is 0. The number of rotatable bonds is 2. The molecule has 0 radical (unpaired) electrons. The molecule has 1 aromatic carbocycles. The van der Waals surface area contributed by atoms with Crippen LogP contribution in [0.5, 0.6) is 11.5 Å². The maximum Gasteiger partial charge on any atom is 0.262 e. The lowest BCUT2D eigenvalue weighted by Crippen LogP contribution is -1.86. The molecule has 94 valence electrons. The summed E-state index contributed by atoms with van der Waals surface area (Å²) in [6.07, 6.45) is 4.54. The largest absolute Gasteiger partial charge is 0.508 e. The van der Waals surface area contributed by atoms with Gasteiger partial charge in [0.05, 0.1) is 11.8 Å². The van der Waals surface area contributed by atoms with Gasteiger partial charge in [0.1, 0.15) is 17.2 Å². The minimum Gasteiger partial charge on any atom is -0.508 e. The van der Waals surface area contributed by atoms with Crippen molar-refractivity contribution < 1.29 is 14.7 Å². The predicted molar refractivity (Wildman–Crippen MR) is 64.1 cm³/mol. The van der Waals surface area contributed by atoms with Gasteiger partial charge in [0.2, 0.25) is 5.82 Å². The van der Waals surface area contributed by atoms with Crippen molar-refractivity contribution >= 4 is 0 Å². The molecule has 0 saturated carbocycles. The van der Waals surface area contributed by atoms with E-state index in [-0.39, 0.29) is 28.8 Å². The minimum absolute atomic E-state index is 0.00736. The molecule has 0 aliphatic heterocycles. The smallest absolute Gasteiger partial charge is 0.262 e. The summed E-state index contributed by atoms with van der Waals surface area (Å²) in [4.78, 5) is 12.0. The van der Waals surface area contributed by atoms with Crippen LogP contribution in [0, 0.1) is 0 Å². The van der Waals surface area contributed by atoms with Crippen LogP contribution in [0.25, 0.3) is 23.0 Å². The van der Waals surface area contributed by atoms with Crippen LogP contribution >= 0.6 is 0 Å². The second kappa shape index (κ2) is 4.37. The topological polar surface area (TPSA) is 105 Å². The standard InChI is InChI=1S/C12H8N4O3/c17-7-1-2-10(18)8(5-7)12-15-11(16-19-12)9-6-13-3-4-14-9/h1-6,17-18H. The zero-order chi connectivity index (χ0) is 13.2. The van der Waals surface area contributed by atoms with Gasteiger partial charge in [-0.05, 0) is 18.2 Å². The zero-order valence-electron chi connectivity index (χ0n) is 9.56. The van der Waals surface area contributed by atoms with Crippen LogP contribution in [0.4, 0.5) is 0 Å². The first kappa shape index (κ1) is 11.1. The number of benzene rings is 1. The van der Waals surface area contributed by atoms with Crippen molar-refractivity contribution in [2.75, 3.05) is 0 Å². The van der Waals surface area contributed by atoms with Gasteiger partial charge in [-0.3, -0.25) is 4.98 Å². The predicted octanol–water partition coefficient (Wildman–Crippen LogP) is 1.60. The van der Waals surface area contributed by atoms with Crippen LogP contribution in [0.1, 0.15) is 0 Å². The molecule has 3 rings (SSSR count). The molecule has 2 N–H and O–H groups in total. The van der Waals surface area contributed by atoms with Crippen molar-refractivity contribution in [1.82, 2.24) is 20.1 Å². The lowest BCUT2D eigenvalue weighted by atomic mass is 10.2. The maximum absolute atomic E-state index is 9.70. The number of nitrogens with zero attached hydrogens (tertiary/aromatic N) is 4. The average Bonchev–Trinajstić information content (AvgIpc) is 2.92. The van der Waals surface area contributed by atoms with Crippen LogP contribution in [-0.2, 0) is 0 Å². The Labute approximate surface area is 107 Å². The van der Waals surface area contributed by atoms with E-state index in [2.05, 4.69) is 20.1 Å². The van der Waals surface area contributed by atoms with Crippen LogP contribution in [0.3, 0.4) is 0 Å². The van der Waals surface area contributed by atoms with Gasteiger partial charge in [-0.15, -0.1) is 0 Å². The maximum atomic E-state index is 9.70. The summed E-state index contributed by atoms with van der Waals surface area (Å²) >= 11 is 0. The summed E-state index contributed by atoms with van der Waals surface area (Å²) < 4.78 is 5.04. The van der Waals surface area contributed by atoms with Gasteiger partial charge in [0.15, 0.2) is 0 Å². The van der Waals surface area contributed by atoms with Crippen molar-refractivity contribution in [3.63, 3.8) is 0 Å². The molecule has 0 aliphatic carbocycles. The first-order valence-electron chi connectivity index (χ1n) is 5.36. The monoisotopic (exact) mass is 256 g/mol. The molecule has 0 spiro atoms. The normalized spacial score (nSPS) is 10.5. The first-order valence-corrected chi connectivity index (χ1v) is 5.36. The van der Waals surface area contributed by atoms with Gasteiger partial charge in [0, 0.05) is 12.4 Å².